The van der Waals surface area contributed by atoms with Crippen LogP contribution in [0.4, 0.5) is 0 Å². The Morgan fingerprint density at radius 3 is 2.00 bits per heavy atom. The van der Waals surface area contributed by atoms with Crippen molar-refractivity contribution < 1.29 is 10.2 Å². The van der Waals surface area contributed by atoms with Gasteiger partial charge in [0.05, 0.1) is 0 Å². The average molecular weight is 194 g/mol. The van der Waals surface area contributed by atoms with Crippen LogP contribution in [-0.2, 0) is 6.42 Å². The van der Waals surface area contributed by atoms with Crippen molar-refractivity contribution in [2.24, 2.45) is 0 Å². The number of benzene rings is 1. The number of hydrogen-bond acceptors (Lipinski definition) is 2. The molecule has 14 heavy (non-hydrogen) atoms. The number of phenols is 2. The summed E-state index contributed by atoms with van der Waals surface area (Å²) in [6.45, 7) is 5.98. The zero-order valence-electron chi connectivity index (χ0n) is 9.04. The minimum absolute atomic E-state index is 0.144. The molecule has 1 aromatic carbocycles. The molecule has 0 aromatic heterocycles. The van der Waals surface area contributed by atoms with Crippen molar-refractivity contribution in [3.63, 3.8) is 0 Å². The fraction of sp³-hybridized carbons (Fsp3) is 0.500. The molecule has 0 atom stereocenters. The van der Waals surface area contributed by atoms with Gasteiger partial charge >= 0.3 is 0 Å². The molecule has 0 aliphatic carbocycles. The lowest BCUT2D eigenvalue weighted by molar-refractivity contribution is 0.432. The average Bonchev–Trinajstić information content (AvgIpc) is 2.01. The van der Waals surface area contributed by atoms with E-state index in [-0.39, 0.29) is 17.4 Å². The first-order chi connectivity index (χ1) is 6.56. The van der Waals surface area contributed by atoms with E-state index in [1.165, 1.54) is 0 Å². The summed E-state index contributed by atoms with van der Waals surface area (Å²) in [7, 11) is 0. The van der Waals surface area contributed by atoms with E-state index in [1.54, 1.807) is 12.1 Å². The first-order valence-electron chi connectivity index (χ1n) is 5.11. The van der Waals surface area contributed by atoms with E-state index >= 15 is 0 Å². The van der Waals surface area contributed by atoms with Gasteiger partial charge in [0.25, 0.3) is 0 Å². The molecule has 0 heterocycles. The number of rotatable bonds is 3. The fourth-order valence-electron chi connectivity index (χ4n) is 1.70. The summed E-state index contributed by atoms with van der Waals surface area (Å²) in [6, 6.07) is 3.50. The molecular weight excluding hydrogens is 176 g/mol. The Bertz CT molecular complexity index is 293. The van der Waals surface area contributed by atoms with Crippen LogP contribution in [0.1, 0.15) is 44.2 Å². The summed E-state index contributed by atoms with van der Waals surface area (Å²) in [5.74, 6) is 0.567. The zero-order chi connectivity index (χ0) is 10.7. The Morgan fingerprint density at radius 2 is 1.64 bits per heavy atom. The van der Waals surface area contributed by atoms with Gasteiger partial charge in [0, 0.05) is 5.56 Å². The molecule has 78 valence electrons. The summed E-state index contributed by atoms with van der Waals surface area (Å²) in [6.07, 6.45) is 1.90. The predicted octanol–water partition coefficient (Wildman–Crippen LogP) is 3.17. The summed E-state index contributed by atoms with van der Waals surface area (Å²) in [4.78, 5) is 0. The van der Waals surface area contributed by atoms with Crippen molar-refractivity contribution in [1.29, 1.82) is 0 Å². The third-order valence-corrected chi connectivity index (χ3v) is 2.31. The molecule has 1 rings (SSSR count). The topological polar surface area (TPSA) is 40.5 Å². The first-order valence-corrected chi connectivity index (χ1v) is 5.11. The van der Waals surface area contributed by atoms with Crippen LogP contribution in [0.3, 0.4) is 0 Å². The molecule has 0 fully saturated rings. The SMILES string of the molecule is CCCc1cc(O)c(C(C)C)c(O)c1. The van der Waals surface area contributed by atoms with E-state index in [0.29, 0.717) is 5.56 Å². The van der Waals surface area contributed by atoms with Gasteiger partial charge in [-0.05, 0) is 30.0 Å². The molecule has 0 spiro atoms. The molecule has 2 N–H and O–H groups in total. The van der Waals surface area contributed by atoms with Crippen LogP contribution < -0.4 is 0 Å². The van der Waals surface area contributed by atoms with Crippen LogP contribution in [0.2, 0.25) is 0 Å². The largest absolute Gasteiger partial charge is 0.508 e. The molecule has 2 heteroatoms. The van der Waals surface area contributed by atoms with E-state index in [9.17, 15) is 10.2 Å². The van der Waals surface area contributed by atoms with Crippen LogP contribution in [-0.4, -0.2) is 10.2 Å². The Labute approximate surface area is 85.2 Å². The first kappa shape index (κ1) is 10.9. The summed E-state index contributed by atoms with van der Waals surface area (Å²) < 4.78 is 0. The summed E-state index contributed by atoms with van der Waals surface area (Å²) in [5, 5.41) is 19.4. The molecule has 0 aliphatic rings. The van der Waals surface area contributed by atoms with Crippen molar-refractivity contribution in [1.82, 2.24) is 0 Å². The second-order valence-electron chi connectivity index (χ2n) is 3.95. The predicted molar refractivity (Wildman–Crippen MR) is 57.9 cm³/mol. The molecule has 1 aromatic rings. The maximum atomic E-state index is 9.71. The second kappa shape index (κ2) is 4.36. The Morgan fingerprint density at radius 1 is 1.14 bits per heavy atom. The van der Waals surface area contributed by atoms with Crippen LogP contribution in [0.5, 0.6) is 11.5 Å². The van der Waals surface area contributed by atoms with Crippen molar-refractivity contribution in [3.05, 3.63) is 23.3 Å². The van der Waals surface area contributed by atoms with Crippen LogP contribution in [0.25, 0.3) is 0 Å². The standard InChI is InChI=1S/C12H18O2/c1-4-5-9-6-10(13)12(8(2)3)11(14)7-9/h6-8,13-14H,4-5H2,1-3H3. The van der Waals surface area contributed by atoms with Gasteiger partial charge in [-0.1, -0.05) is 27.2 Å². The monoisotopic (exact) mass is 194 g/mol. The molecule has 2 nitrogen and oxygen atoms in total. The van der Waals surface area contributed by atoms with Gasteiger partial charge in [0.1, 0.15) is 11.5 Å². The van der Waals surface area contributed by atoms with Gasteiger partial charge in [0.15, 0.2) is 0 Å². The molecule has 0 bridgehead atoms. The highest BCUT2D eigenvalue weighted by Crippen LogP contribution is 2.35. The highest BCUT2D eigenvalue weighted by atomic mass is 16.3. The van der Waals surface area contributed by atoms with Crippen LogP contribution >= 0.6 is 0 Å². The van der Waals surface area contributed by atoms with E-state index in [0.717, 1.165) is 18.4 Å². The van der Waals surface area contributed by atoms with Crippen molar-refractivity contribution in [2.45, 2.75) is 39.5 Å². The minimum Gasteiger partial charge on any atom is -0.508 e. The number of phenolic OH excluding ortho intramolecular Hbond substituents is 2. The minimum atomic E-state index is 0.144. The molecule has 0 saturated carbocycles. The lowest BCUT2D eigenvalue weighted by Gasteiger charge is -2.12. The fourth-order valence-corrected chi connectivity index (χ4v) is 1.70. The normalized spacial score (nSPS) is 10.9. The number of aromatic hydroxyl groups is 2. The Kier molecular flexibility index (Phi) is 3.39. The molecule has 0 saturated heterocycles. The van der Waals surface area contributed by atoms with Crippen molar-refractivity contribution >= 4 is 0 Å². The van der Waals surface area contributed by atoms with Gasteiger partial charge in [-0.25, -0.2) is 0 Å². The third kappa shape index (κ3) is 2.19. The highest BCUT2D eigenvalue weighted by molar-refractivity contribution is 5.48. The van der Waals surface area contributed by atoms with E-state index in [4.69, 9.17) is 0 Å². The smallest absolute Gasteiger partial charge is 0.123 e. The molecule has 0 unspecified atom stereocenters. The zero-order valence-corrected chi connectivity index (χ0v) is 9.04. The summed E-state index contributed by atoms with van der Waals surface area (Å²) in [5.41, 5.74) is 1.64. The summed E-state index contributed by atoms with van der Waals surface area (Å²) >= 11 is 0. The molecule has 0 aliphatic heterocycles. The number of aryl methyl sites for hydroxylation is 1. The second-order valence-corrected chi connectivity index (χ2v) is 3.95. The maximum Gasteiger partial charge on any atom is 0.123 e. The van der Waals surface area contributed by atoms with Crippen LogP contribution in [0.15, 0.2) is 12.1 Å². The van der Waals surface area contributed by atoms with Gasteiger partial charge in [-0.2, -0.15) is 0 Å². The van der Waals surface area contributed by atoms with Gasteiger partial charge in [0.2, 0.25) is 0 Å². The lowest BCUT2D eigenvalue weighted by Crippen LogP contribution is -1.92. The Hall–Kier alpha value is -1.18. The molecule has 0 radical (unpaired) electrons. The van der Waals surface area contributed by atoms with E-state index < -0.39 is 0 Å². The van der Waals surface area contributed by atoms with Gasteiger partial charge in [-0.3, -0.25) is 0 Å². The number of hydrogen-bond donors (Lipinski definition) is 2. The maximum absolute atomic E-state index is 9.71. The van der Waals surface area contributed by atoms with Gasteiger partial charge < -0.3 is 10.2 Å². The molecule has 0 amide bonds. The van der Waals surface area contributed by atoms with Crippen molar-refractivity contribution in [2.75, 3.05) is 0 Å². The Balaban J connectivity index is 3.11. The van der Waals surface area contributed by atoms with Gasteiger partial charge in [-0.15, -0.1) is 0 Å². The van der Waals surface area contributed by atoms with Crippen molar-refractivity contribution in [3.8, 4) is 11.5 Å². The highest BCUT2D eigenvalue weighted by Gasteiger charge is 2.12. The third-order valence-electron chi connectivity index (χ3n) is 2.31. The molecular formula is C12H18O2. The van der Waals surface area contributed by atoms with Crippen LogP contribution in [0, 0.1) is 0 Å². The quantitative estimate of drug-likeness (QED) is 0.775. The lowest BCUT2D eigenvalue weighted by atomic mass is 9.97. The van der Waals surface area contributed by atoms with E-state index in [1.807, 2.05) is 13.8 Å². The van der Waals surface area contributed by atoms with E-state index in [2.05, 4.69) is 6.92 Å².